The molecule has 2 heteroatoms. The van der Waals surface area contributed by atoms with Crippen molar-refractivity contribution in [2.24, 2.45) is 9.98 Å². The molecule has 0 aromatic rings. The number of nitrogens with zero attached hydrogens (tertiary/aromatic N) is 2. The van der Waals surface area contributed by atoms with Crippen LogP contribution in [0.15, 0.2) is 34.3 Å². The molecule has 0 saturated carbocycles. The van der Waals surface area contributed by atoms with Gasteiger partial charge in [0.2, 0.25) is 0 Å². The summed E-state index contributed by atoms with van der Waals surface area (Å²) >= 11 is 0. The molecule has 11 heavy (non-hydrogen) atoms. The minimum Gasteiger partial charge on any atom is -0.286 e. The van der Waals surface area contributed by atoms with Gasteiger partial charge in [-0.3, -0.25) is 9.98 Å². The van der Waals surface area contributed by atoms with Crippen LogP contribution in [0.4, 0.5) is 0 Å². The zero-order valence-corrected chi connectivity index (χ0v) is 6.22. The van der Waals surface area contributed by atoms with Gasteiger partial charge in [-0.1, -0.05) is 12.2 Å². The second-order valence-corrected chi connectivity index (χ2v) is 2.74. The molecular weight excluding hydrogens is 136 g/mol. The Hall–Kier alpha value is -1.18. The van der Waals surface area contributed by atoms with E-state index in [2.05, 4.69) is 22.1 Å². The number of hydrogen-bond donors (Lipinski definition) is 0. The molecule has 2 rings (SSSR count). The highest BCUT2D eigenvalue weighted by atomic mass is 14.8. The van der Waals surface area contributed by atoms with Crippen molar-refractivity contribution < 1.29 is 0 Å². The maximum absolute atomic E-state index is 4.26. The fourth-order valence-corrected chi connectivity index (χ4v) is 1.30. The standard InChI is InChI=1S/C9H10N2/c1-3-8(10-5-1)7-9-4-2-6-11-9/h1-6,8-9H,7H2. The van der Waals surface area contributed by atoms with Crippen LogP contribution in [-0.4, -0.2) is 24.5 Å². The fraction of sp³-hybridized carbons (Fsp3) is 0.333. The summed E-state index contributed by atoms with van der Waals surface area (Å²) in [4.78, 5) is 8.51. The van der Waals surface area contributed by atoms with E-state index in [0.29, 0.717) is 12.1 Å². The molecule has 0 aromatic heterocycles. The van der Waals surface area contributed by atoms with Gasteiger partial charge in [0.05, 0.1) is 12.1 Å². The molecule has 2 unspecified atom stereocenters. The van der Waals surface area contributed by atoms with Crippen LogP contribution in [0.1, 0.15) is 6.42 Å². The first-order valence-electron chi connectivity index (χ1n) is 3.85. The molecule has 0 amide bonds. The van der Waals surface area contributed by atoms with E-state index in [1.54, 1.807) is 0 Å². The fourth-order valence-electron chi connectivity index (χ4n) is 1.30. The van der Waals surface area contributed by atoms with Crippen LogP contribution in [0.3, 0.4) is 0 Å². The van der Waals surface area contributed by atoms with Crippen molar-refractivity contribution in [1.29, 1.82) is 0 Å². The van der Waals surface area contributed by atoms with Crippen LogP contribution in [0.5, 0.6) is 0 Å². The lowest BCUT2D eigenvalue weighted by molar-refractivity contribution is 0.671. The van der Waals surface area contributed by atoms with Crippen molar-refractivity contribution in [1.82, 2.24) is 0 Å². The Kier molecular flexibility index (Phi) is 1.68. The lowest BCUT2D eigenvalue weighted by Gasteiger charge is -2.06. The third kappa shape index (κ3) is 1.45. The lowest BCUT2D eigenvalue weighted by atomic mass is 10.1. The number of aliphatic imine (C=N–C) groups is 2. The summed E-state index contributed by atoms with van der Waals surface area (Å²) in [6.07, 6.45) is 12.9. The van der Waals surface area contributed by atoms with Crippen LogP contribution in [0.2, 0.25) is 0 Å². The molecule has 56 valence electrons. The third-order valence-corrected chi connectivity index (χ3v) is 1.88. The minimum atomic E-state index is 0.361. The summed E-state index contributed by atoms with van der Waals surface area (Å²) in [6.45, 7) is 0. The van der Waals surface area contributed by atoms with E-state index in [9.17, 15) is 0 Å². The zero-order valence-electron chi connectivity index (χ0n) is 6.22. The topological polar surface area (TPSA) is 24.7 Å². The predicted octanol–water partition coefficient (Wildman–Crippen LogP) is 1.39. The highest BCUT2D eigenvalue weighted by molar-refractivity contribution is 5.75. The third-order valence-electron chi connectivity index (χ3n) is 1.88. The summed E-state index contributed by atoms with van der Waals surface area (Å²) in [7, 11) is 0. The maximum Gasteiger partial charge on any atom is 0.0706 e. The summed E-state index contributed by atoms with van der Waals surface area (Å²) in [6, 6.07) is 0.722. The molecule has 0 radical (unpaired) electrons. The number of hydrogen-bond acceptors (Lipinski definition) is 2. The second kappa shape index (κ2) is 2.82. The number of rotatable bonds is 2. The van der Waals surface area contributed by atoms with Gasteiger partial charge in [-0.15, -0.1) is 0 Å². The first kappa shape index (κ1) is 6.53. The van der Waals surface area contributed by atoms with Gasteiger partial charge in [-0.2, -0.15) is 0 Å². The Labute approximate surface area is 66.1 Å². The zero-order chi connectivity index (χ0) is 7.52. The van der Waals surface area contributed by atoms with Crippen molar-refractivity contribution in [2.75, 3.05) is 0 Å². The molecule has 0 aromatic carbocycles. The summed E-state index contributed by atoms with van der Waals surface area (Å²) < 4.78 is 0. The predicted molar refractivity (Wildman–Crippen MR) is 47.5 cm³/mol. The number of allylic oxidation sites excluding steroid dienone is 2. The molecular formula is C9H10N2. The average molecular weight is 146 g/mol. The molecule has 0 aliphatic carbocycles. The van der Waals surface area contributed by atoms with Crippen LogP contribution < -0.4 is 0 Å². The van der Waals surface area contributed by atoms with E-state index in [4.69, 9.17) is 0 Å². The lowest BCUT2D eigenvalue weighted by Crippen LogP contribution is -2.07. The summed E-state index contributed by atoms with van der Waals surface area (Å²) in [5, 5.41) is 0. The van der Waals surface area contributed by atoms with Gasteiger partial charge in [0.1, 0.15) is 0 Å². The van der Waals surface area contributed by atoms with E-state index in [0.717, 1.165) is 6.42 Å². The van der Waals surface area contributed by atoms with Gasteiger partial charge in [0, 0.05) is 12.4 Å². The highest BCUT2D eigenvalue weighted by Crippen LogP contribution is 2.13. The van der Waals surface area contributed by atoms with E-state index in [1.165, 1.54) is 0 Å². The van der Waals surface area contributed by atoms with E-state index >= 15 is 0 Å². The minimum absolute atomic E-state index is 0.361. The largest absolute Gasteiger partial charge is 0.286 e. The first-order valence-corrected chi connectivity index (χ1v) is 3.85. The van der Waals surface area contributed by atoms with Crippen molar-refractivity contribution in [3.05, 3.63) is 24.3 Å². The Bertz CT molecular complexity index is 198. The van der Waals surface area contributed by atoms with Crippen LogP contribution in [-0.2, 0) is 0 Å². The Morgan fingerprint density at radius 3 is 1.82 bits per heavy atom. The SMILES string of the molecule is C1=CC(CC2C=CC=N2)N=C1. The monoisotopic (exact) mass is 146 g/mol. The average Bonchev–Trinajstić information content (AvgIpc) is 2.60. The quantitative estimate of drug-likeness (QED) is 0.562. The van der Waals surface area contributed by atoms with Crippen molar-refractivity contribution >= 4 is 12.4 Å². The van der Waals surface area contributed by atoms with Crippen molar-refractivity contribution in [2.45, 2.75) is 18.5 Å². The van der Waals surface area contributed by atoms with E-state index in [1.807, 2.05) is 24.6 Å². The smallest absolute Gasteiger partial charge is 0.0706 e. The summed E-state index contributed by atoms with van der Waals surface area (Å²) in [5.74, 6) is 0. The molecule has 0 spiro atoms. The molecule has 2 atom stereocenters. The van der Waals surface area contributed by atoms with Crippen LogP contribution in [0.25, 0.3) is 0 Å². The van der Waals surface area contributed by atoms with Gasteiger partial charge in [-0.25, -0.2) is 0 Å². The molecule has 0 N–H and O–H groups in total. The molecule has 2 aliphatic rings. The van der Waals surface area contributed by atoms with Crippen LogP contribution in [0, 0.1) is 0 Å². The van der Waals surface area contributed by atoms with E-state index in [-0.39, 0.29) is 0 Å². The van der Waals surface area contributed by atoms with Gasteiger partial charge in [-0.05, 0) is 18.6 Å². The first-order chi connectivity index (χ1) is 5.45. The Balaban J connectivity index is 1.90. The van der Waals surface area contributed by atoms with Gasteiger partial charge >= 0.3 is 0 Å². The molecule has 0 fully saturated rings. The maximum atomic E-state index is 4.26. The van der Waals surface area contributed by atoms with Crippen molar-refractivity contribution in [3.63, 3.8) is 0 Å². The van der Waals surface area contributed by atoms with Gasteiger partial charge in [0.25, 0.3) is 0 Å². The highest BCUT2D eigenvalue weighted by Gasteiger charge is 2.12. The van der Waals surface area contributed by atoms with E-state index < -0.39 is 0 Å². The molecule has 2 aliphatic heterocycles. The van der Waals surface area contributed by atoms with Gasteiger partial charge < -0.3 is 0 Å². The van der Waals surface area contributed by atoms with Gasteiger partial charge in [0.15, 0.2) is 0 Å². The molecule has 2 nitrogen and oxygen atoms in total. The molecule has 0 saturated heterocycles. The van der Waals surface area contributed by atoms with Crippen molar-refractivity contribution in [3.8, 4) is 0 Å². The molecule has 0 bridgehead atoms. The van der Waals surface area contributed by atoms with Crippen LogP contribution >= 0.6 is 0 Å². The second-order valence-electron chi connectivity index (χ2n) is 2.74. The Morgan fingerprint density at radius 2 is 1.45 bits per heavy atom. The normalized spacial score (nSPS) is 32.4. The summed E-state index contributed by atoms with van der Waals surface area (Å²) in [5.41, 5.74) is 0. The molecule has 2 heterocycles. The Morgan fingerprint density at radius 1 is 0.909 bits per heavy atom.